The Bertz CT molecular complexity index is 529. The lowest BCUT2D eigenvalue weighted by Crippen LogP contribution is -2.40. The molecule has 7 heteroatoms. The molecule has 5 nitrogen and oxygen atoms in total. The summed E-state index contributed by atoms with van der Waals surface area (Å²) < 4.78 is 1.75. The molecule has 1 fully saturated rings. The number of pyridine rings is 1. The maximum Gasteiger partial charge on any atom is 0.250 e. The van der Waals surface area contributed by atoms with E-state index in [0.717, 1.165) is 43.7 Å². The molecule has 0 amide bonds. The second-order valence-corrected chi connectivity index (χ2v) is 6.86. The zero-order valence-corrected chi connectivity index (χ0v) is 16.8. The number of hydrogen-bond acceptors (Lipinski definition) is 3. The predicted molar refractivity (Wildman–Crippen MR) is 110 cm³/mol. The minimum atomic E-state index is 0. The van der Waals surface area contributed by atoms with Crippen molar-refractivity contribution in [2.75, 3.05) is 25.9 Å². The van der Waals surface area contributed by atoms with Crippen LogP contribution < -0.4 is 16.2 Å². The molecule has 1 aromatic rings. The summed E-state index contributed by atoms with van der Waals surface area (Å²) in [4.78, 5) is 15.8. The van der Waals surface area contributed by atoms with E-state index in [1.165, 1.54) is 18.6 Å². The van der Waals surface area contributed by atoms with Crippen LogP contribution in [0.25, 0.3) is 0 Å². The van der Waals surface area contributed by atoms with Crippen molar-refractivity contribution in [2.24, 2.45) is 4.99 Å². The molecule has 2 N–H and O–H groups in total. The summed E-state index contributed by atoms with van der Waals surface area (Å²) in [5.74, 6) is 2.17. The van der Waals surface area contributed by atoms with Crippen LogP contribution in [0.2, 0.25) is 0 Å². The Morgan fingerprint density at radius 1 is 1.39 bits per heavy atom. The summed E-state index contributed by atoms with van der Waals surface area (Å²) in [5, 5.41) is 7.45. The Hall–Kier alpha value is -0.700. The molecule has 1 saturated heterocycles. The smallest absolute Gasteiger partial charge is 0.250 e. The molecule has 1 aliphatic rings. The maximum atomic E-state index is 11.6. The zero-order valence-electron chi connectivity index (χ0n) is 13.7. The molecule has 0 spiro atoms. The standard InChI is InChI=1S/C16H26N4OS.HI/c1-17-16(19-13-14-7-6-12-22-14)18-9-3-5-11-20-10-4-2-8-15(20)21;/h2,4,8,10,14H,3,5-7,9,11-13H2,1H3,(H2,17,18,19);1H. The Morgan fingerprint density at radius 3 is 2.96 bits per heavy atom. The molecule has 0 bridgehead atoms. The Labute approximate surface area is 159 Å². The summed E-state index contributed by atoms with van der Waals surface area (Å²) in [5.41, 5.74) is 0.0713. The van der Waals surface area contributed by atoms with E-state index < -0.39 is 0 Å². The molecule has 1 aromatic heterocycles. The van der Waals surface area contributed by atoms with Crippen LogP contribution in [0.5, 0.6) is 0 Å². The molecule has 130 valence electrons. The van der Waals surface area contributed by atoms with Gasteiger partial charge in [0.1, 0.15) is 0 Å². The highest BCUT2D eigenvalue weighted by Gasteiger charge is 2.15. The number of halogens is 1. The number of aromatic nitrogens is 1. The number of thioether (sulfide) groups is 1. The van der Waals surface area contributed by atoms with Gasteiger partial charge in [-0.1, -0.05) is 6.07 Å². The van der Waals surface area contributed by atoms with Gasteiger partial charge in [0.25, 0.3) is 0 Å². The van der Waals surface area contributed by atoms with E-state index in [9.17, 15) is 4.79 Å². The molecular weight excluding hydrogens is 423 g/mol. The minimum absolute atomic E-state index is 0. The van der Waals surface area contributed by atoms with Crippen LogP contribution in [0.1, 0.15) is 25.7 Å². The van der Waals surface area contributed by atoms with Crippen LogP contribution in [0, 0.1) is 0 Å². The van der Waals surface area contributed by atoms with E-state index in [-0.39, 0.29) is 29.5 Å². The third kappa shape index (κ3) is 7.60. The van der Waals surface area contributed by atoms with Gasteiger partial charge in [-0.2, -0.15) is 11.8 Å². The first-order chi connectivity index (χ1) is 10.8. The van der Waals surface area contributed by atoms with Gasteiger partial charge < -0.3 is 15.2 Å². The Kier molecular flexibility index (Phi) is 10.4. The number of nitrogens with one attached hydrogen (secondary N) is 2. The van der Waals surface area contributed by atoms with Crippen molar-refractivity contribution in [3.05, 3.63) is 34.7 Å². The highest BCUT2D eigenvalue weighted by atomic mass is 127. The number of aliphatic imine (C=N–C) groups is 1. The van der Waals surface area contributed by atoms with Gasteiger partial charge in [-0.15, -0.1) is 24.0 Å². The Balaban J connectivity index is 0.00000264. The quantitative estimate of drug-likeness (QED) is 0.290. The lowest BCUT2D eigenvalue weighted by atomic mass is 10.2. The number of hydrogen-bond donors (Lipinski definition) is 2. The molecule has 0 aromatic carbocycles. The fraction of sp³-hybridized carbons (Fsp3) is 0.625. The largest absolute Gasteiger partial charge is 0.356 e. The predicted octanol–water partition coefficient (Wildman–Crippen LogP) is 2.31. The van der Waals surface area contributed by atoms with Gasteiger partial charge >= 0.3 is 0 Å². The molecule has 0 radical (unpaired) electrons. The lowest BCUT2D eigenvalue weighted by molar-refractivity contribution is 0.585. The number of nitrogens with zero attached hydrogens (tertiary/aromatic N) is 2. The van der Waals surface area contributed by atoms with Crippen LogP contribution >= 0.6 is 35.7 Å². The minimum Gasteiger partial charge on any atom is -0.356 e. The molecule has 1 aliphatic heterocycles. The van der Waals surface area contributed by atoms with Gasteiger partial charge in [0.2, 0.25) is 5.56 Å². The van der Waals surface area contributed by atoms with Gasteiger partial charge in [-0.25, -0.2) is 0 Å². The lowest BCUT2D eigenvalue weighted by Gasteiger charge is -2.14. The summed E-state index contributed by atoms with van der Waals surface area (Å²) >= 11 is 2.05. The SMILES string of the molecule is CN=C(NCCCCn1ccccc1=O)NCC1CCCS1.I. The maximum absolute atomic E-state index is 11.6. The van der Waals surface area contributed by atoms with Crippen molar-refractivity contribution >= 4 is 41.7 Å². The first-order valence-electron chi connectivity index (χ1n) is 8.01. The fourth-order valence-corrected chi connectivity index (χ4v) is 3.70. The number of rotatable bonds is 7. The zero-order chi connectivity index (χ0) is 15.6. The number of aryl methyl sites for hydroxylation is 1. The van der Waals surface area contributed by atoms with Gasteiger partial charge in [-0.3, -0.25) is 9.79 Å². The highest BCUT2D eigenvalue weighted by Crippen LogP contribution is 2.25. The Morgan fingerprint density at radius 2 is 2.26 bits per heavy atom. The topological polar surface area (TPSA) is 58.4 Å². The van der Waals surface area contributed by atoms with Crippen LogP contribution in [-0.2, 0) is 6.54 Å². The van der Waals surface area contributed by atoms with E-state index in [2.05, 4.69) is 15.6 Å². The second-order valence-electron chi connectivity index (χ2n) is 5.45. The molecule has 2 heterocycles. The third-order valence-electron chi connectivity index (χ3n) is 3.76. The van der Waals surface area contributed by atoms with Gasteiger partial charge in [0.15, 0.2) is 5.96 Å². The van der Waals surface area contributed by atoms with Crippen molar-refractivity contribution in [1.29, 1.82) is 0 Å². The van der Waals surface area contributed by atoms with Crippen molar-refractivity contribution in [1.82, 2.24) is 15.2 Å². The second kappa shape index (κ2) is 11.8. The summed E-state index contributed by atoms with van der Waals surface area (Å²) in [6, 6.07) is 5.27. The first-order valence-corrected chi connectivity index (χ1v) is 9.06. The van der Waals surface area contributed by atoms with Crippen LogP contribution in [0.4, 0.5) is 0 Å². The van der Waals surface area contributed by atoms with Crippen LogP contribution in [0.15, 0.2) is 34.2 Å². The average molecular weight is 450 g/mol. The van der Waals surface area contributed by atoms with Crippen LogP contribution in [-0.4, -0.2) is 41.7 Å². The number of unbranched alkanes of at least 4 members (excludes halogenated alkanes) is 1. The van der Waals surface area contributed by atoms with E-state index in [0.29, 0.717) is 0 Å². The summed E-state index contributed by atoms with van der Waals surface area (Å²) in [6.07, 6.45) is 6.48. The van der Waals surface area contributed by atoms with E-state index >= 15 is 0 Å². The molecule has 0 saturated carbocycles. The van der Waals surface area contributed by atoms with E-state index in [4.69, 9.17) is 0 Å². The molecule has 2 rings (SSSR count). The van der Waals surface area contributed by atoms with Crippen molar-refractivity contribution < 1.29 is 0 Å². The van der Waals surface area contributed by atoms with E-state index in [1.807, 2.05) is 24.0 Å². The summed E-state index contributed by atoms with van der Waals surface area (Å²) in [6.45, 7) is 2.63. The number of guanidine groups is 1. The monoisotopic (exact) mass is 450 g/mol. The van der Waals surface area contributed by atoms with E-state index in [1.54, 1.807) is 23.7 Å². The first kappa shape index (κ1) is 20.3. The highest BCUT2D eigenvalue weighted by molar-refractivity contribution is 14.0. The molecular formula is C16H27IN4OS. The molecule has 1 unspecified atom stereocenters. The molecule has 0 aliphatic carbocycles. The van der Waals surface area contributed by atoms with Crippen LogP contribution in [0.3, 0.4) is 0 Å². The van der Waals surface area contributed by atoms with Gasteiger partial charge in [-0.05, 0) is 37.5 Å². The molecule has 23 heavy (non-hydrogen) atoms. The van der Waals surface area contributed by atoms with Crippen molar-refractivity contribution in [3.8, 4) is 0 Å². The van der Waals surface area contributed by atoms with Crippen molar-refractivity contribution in [2.45, 2.75) is 37.5 Å². The fourth-order valence-electron chi connectivity index (χ4n) is 2.50. The summed E-state index contributed by atoms with van der Waals surface area (Å²) in [7, 11) is 1.81. The van der Waals surface area contributed by atoms with Crippen molar-refractivity contribution in [3.63, 3.8) is 0 Å². The van der Waals surface area contributed by atoms with Gasteiger partial charge in [0.05, 0.1) is 0 Å². The van der Waals surface area contributed by atoms with Gasteiger partial charge in [0, 0.05) is 44.2 Å². The third-order valence-corrected chi connectivity index (χ3v) is 5.16. The average Bonchev–Trinajstić information content (AvgIpc) is 3.05. The molecule has 1 atom stereocenters. The normalized spacial score (nSPS) is 17.6.